The van der Waals surface area contributed by atoms with Gasteiger partial charge in [-0.25, -0.2) is 4.98 Å². The SMILES string of the molecule is COc1ccccc1Nc1cc(C(=O)N[C@@H]2CCC[C@@H](C)[C@H]2C)c2ccccc2n1. The summed E-state index contributed by atoms with van der Waals surface area (Å²) in [6.45, 7) is 4.52. The lowest BCUT2D eigenvalue weighted by Crippen LogP contribution is -2.43. The lowest BCUT2D eigenvalue weighted by atomic mass is 9.78. The summed E-state index contributed by atoms with van der Waals surface area (Å²) in [6, 6.07) is 17.5. The first-order valence-corrected chi connectivity index (χ1v) is 10.7. The molecule has 1 saturated carbocycles. The molecule has 1 heterocycles. The predicted octanol–water partition coefficient (Wildman–Crippen LogP) is 5.54. The average Bonchev–Trinajstić information content (AvgIpc) is 2.76. The minimum atomic E-state index is -0.0392. The van der Waals surface area contributed by atoms with Crippen molar-refractivity contribution in [1.29, 1.82) is 0 Å². The molecule has 3 atom stereocenters. The van der Waals surface area contributed by atoms with Gasteiger partial charge in [0.15, 0.2) is 0 Å². The minimum absolute atomic E-state index is 0.0392. The van der Waals surface area contributed by atoms with Gasteiger partial charge in [0.1, 0.15) is 11.6 Å². The van der Waals surface area contributed by atoms with Crippen molar-refractivity contribution in [2.75, 3.05) is 12.4 Å². The molecule has 1 fully saturated rings. The molecule has 0 unspecified atom stereocenters. The van der Waals surface area contributed by atoms with Gasteiger partial charge in [0.05, 0.1) is 23.9 Å². The summed E-state index contributed by atoms with van der Waals surface area (Å²) in [5, 5.41) is 7.47. The number of ether oxygens (including phenoxy) is 1. The maximum absolute atomic E-state index is 13.3. The van der Waals surface area contributed by atoms with Gasteiger partial charge >= 0.3 is 0 Å². The van der Waals surface area contributed by atoms with E-state index in [4.69, 9.17) is 9.72 Å². The van der Waals surface area contributed by atoms with Gasteiger partial charge in [-0.3, -0.25) is 4.79 Å². The minimum Gasteiger partial charge on any atom is -0.495 e. The van der Waals surface area contributed by atoms with Crippen LogP contribution in [0.3, 0.4) is 0 Å². The molecule has 0 radical (unpaired) electrons. The molecule has 4 rings (SSSR count). The summed E-state index contributed by atoms with van der Waals surface area (Å²) in [7, 11) is 1.64. The highest BCUT2D eigenvalue weighted by Crippen LogP contribution is 2.31. The lowest BCUT2D eigenvalue weighted by molar-refractivity contribution is 0.0892. The zero-order chi connectivity index (χ0) is 21.1. The molecule has 0 aliphatic heterocycles. The molecule has 2 aromatic carbocycles. The van der Waals surface area contributed by atoms with Gasteiger partial charge in [-0.1, -0.05) is 57.0 Å². The second-order valence-electron chi connectivity index (χ2n) is 8.24. The van der Waals surface area contributed by atoms with Crippen LogP contribution in [0, 0.1) is 11.8 Å². The summed E-state index contributed by atoms with van der Waals surface area (Å²) < 4.78 is 5.44. The Kier molecular flexibility index (Phi) is 5.88. The van der Waals surface area contributed by atoms with Gasteiger partial charge in [-0.05, 0) is 42.5 Å². The Morgan fingerprint density at radius 2 is 1.83 bits per heavy atom. The van der Waals surface area contributed by atoms with Gasteiger partial charge < -0.3 is 15.4 Å². The monoisotopic (exact) mass is 403 g/mol. The van der Waals surface area contributed by atoms with Crippen LogP contribution >= 0.6 is 0 Å². The van der Waals surface area contributed by atoms with Crippen LogP contribution in [0.1, 0.15) is 43.5 Å². The van der Waals surface area contributed by atoms with Crippen molar-refractivity contribution in [3.63, 3.8) is 0 Å². The lowest BCUT2D eigenvalue weighted by Gasteiger charge is -2.34. The van der Waals surface area contributed by atoms with Gasteiger partial charge in [-0.15, -0.1) is 0 Å². The van der Waals surface area contributed by atoms with E-state index in [0.717, 1.165) is 35.2 Å². The zero-order valence-corrected chi connectivity index (χ0v) is 17.8. The van der Waals surface area contributed by atoms with Gasteiger partial charge in [0.2, 0.25) is 0 Å². The molecule has 5 heteroatoms. The number of aromatic nitrogens is 1. The van der Waals surface area contributed by atoms with Crippen LogP contribution in [0.25, 0.3) is 10.9 Å². The van der Waals surface area contributed by atoms with Crippen LogP contribution in [0.15, 0.2) is 54.6 Å². The van der Waals surface area contributed by atoms with Crippen LogP contribution in [-0.2, 0) is 0 Å². The maximum atomic E-state index is 13.3. The van der Waals surface area contributed by atoms with Crippen molar-refractivity contribution in [3.05, 3.63) is 60.2 Å². The summed E-state index contributed by atoms with van der Waals surface area (Å²) >= 11 is 0. The maximum Gasteiger partial charge on any atom is 0.252 e. The number of pyridine rings is 1. The zero-order valence-electron chi connectivity index (χ0n) is 17.8. The Balaban J connectivity index is 1.67. The van der Waals surface area contributed by atoms with Gasteiger partial charge in [-0.2, -0.15) is 0 Å². The molecule has 0 spiro atoms. The van der Waals surface area contributed by atoms with E-state index in [9.17, 15) is 4.79 Å². The number of hydrogen-bond acceptors (Lipinski definition) is 4. The highest BCUT2D eigenvalue weighted by molar-refractivity contribution is 6.07. The van der Waals surface area contributed by atoms with Crippen molar-refractivity contribution < 1.29 is 9.53 Å². The van der Waals surface area contributed by atoms with Crippen LogP contribution < -0.4 is 15.4 Å². The first-order chi connectivity index (χ1) is 14.6. The van der Waals surface area contributed by atoms with Crippen LogP contribution in [0.2, 0.25) is 0 Å². The highest BCUT2D eigenvalue weighted by Gasteiger charge is 2.29. The number of methoxy groups -OCH3 is 1. The Morgan fingerprint density at radius 1 is 1.07 bits per heavy atom. The van der Waals surface area contributed by atoms with Crippen LogP contribution in [-0.4, -0.2) is 24.0 Å². The van der Waals surface area contributed by atoms with E-state index in [-0.39, 0.29) is 11.9 Å². The number of nitrogens with one attached hydrogen (secondary N) is 2. The summed E-state index contributed by atoms with van der Waals surface area (Å²) in [5.74, 6) is 2.41. The van der Waals surface area contributed by atoms with E-state index in [1.807, 2.05) is 54.6 Å². The van der Waals surface area contributed by atoms with E-state index in [1.165, 1.54) is 6.42 Å². The molecule has 1 aliphatic carbocycles. The molecule has 1 aliphatic rings. The number of fused-ring (bicyclic) bond motifs is 1. The van der Waals surface area contributed by atoms with E-state index in [1.54, 1.807) is 7.11 Å². The number of amides is 1. The molecular weight excluding hydrogens is 374 g/mol. The molecule has 1 aromatic heterocycles. The molecular formula is C25H29N3O2. The number of benzene rings is 2. The number of nitrogens with zero attached hydrogens (tertiary/aromatic N) is 1. The van der Waals surface area contributed by atoms with Crippen molar-refractivity contribution in [1.82, 2.24) is 10.3 Å². The topological polar surface area (TPSA) is 63.2 Å². The van der Waals surface area contributed by atoms with Crippen molar-refractivity contribution in [2.45, 2.75) is 39.2 Å². The third kappa shape index (κ3) is 4.11. The molecule has 156 valence electrons. The van der Waals surface area contributed by atoms with Crippen molar-refractivity contribution >= 4 is 28.3 Å². The normalized spacial score (nSPS) is 21.2. The Labute approximate surface area is 177 Å². The third-order valence-electron chi connectivity index (χ3n) is 6.35. The number of para-hydroxylation sites is 3. The number of carbonyl (C=O) groups is 1. The molecule has 1 amide bonds. The van der Waals surface area contributed by atoms with E-state index < -0.39 is 0 Å². The molecule has 3 aromatic rings. The summed E-state index contributed by atoms with van der Waals surface area (Å²) in [6.07, 6.45) is 3.43. The average molecular weight is 404 g/mol. The molecule has 2 N–H and O–H groups in total. The van der Waals surface area contributed by atoms with Gasteiger partial charge in [0.25, 0.3) is 5.91 Å². The Morgan fingerprint density at radius 3 is 2.67 bits per heavy atom. The second-order valence-corrected chi connectivity index (χ2v) is 8.24. The molecule has 0 bridgehead atoms. The molecule has 30 heavy (non-hydrogen) atoms. The third-order valence-corrected chi connectivity index (χ3v) is 6.35. The quantitative estimate of drug-likeness (QED) is 0.587. The first-order valence-electron chi connectivity index (χ1n) is 10.7. The van der Waals surface area contributed by atoms with E-state index >= 15 is 0 Å². The summed E-state index contributed by atoms with van der Waals surface area (Å²) in [4.78, 5) is 18.0. The van der Waals surface area contributed by atoms with Crippen molar-refractivity contribution in [3.8, 4) is 5.75 Å². The van der Waals surface area contributed by atoms with Crippen LogP contribution in [0.4, 0.5) is 11.5 Å². The fourth-order valence-corrected chi connectivity index (χ4v) is 4.35. The second kappa shape index (κ2) is 8.74. The van der Waals surface area contributed by atoms with Crippen LogP contribution in [0.5, 0.6) is 5.75 Å². The van der Waals surface area contributed by atoms with Crippen molar-refractivity contribution in [2.24, 2.45) is 11.8 Å². The number of rotatable bonds is 5. The largest absolute Gasteiger partial charge is 0.495 e. The highest BCUT2D eigenvalue weighted by atomic mass is 16.5. The number of hydrogen-bond donors (Lipinski definition) is 2. The number of anilines is 2. The Bertz CT molecular complexity index is 1050. The molecule has 0 saturated heterocycles. The Hall–Kier alpha value is -3.08. The standard InChI is InChI=1S/C25H29N3O2/c1-16-9-8-13-20(17(16)2)28-25(29)19-15-24(26-21-11-5-4-10-18(19)21)27-22-12-6-7-14-23(22)30-3/h4-7,10-12,14-17,20H,8-9,13H2,1-3H3,(H,26,27)(H,28,29)/t16-,17-,20-/m1/s1. The van der Waals surface area contributed by atoms with Gasteiger partial charge in [0, 0.05) is 11.4 Å². The first kappa shape index (κ1) is 20.2. The number of carbonyl (C=O) groups excluding carboxylic acids is 1. The molecule has 5 nitrogen and oxygen atoms in total. The van der Waals surface area contributed by atoms with E-state index in [2.05, 4.69) is 24.5 Å². The van der Waals surface area contributed by atoms with E-state index in [0.29, 0.717) is 23.2 Å². The fourth-order valence-electron chi connectivity index (χ4n) is 4.35. The fraction of sp³-hybridized carbons (Fsp3) is 0.360. The summed E-state index contributed by atoms with van der Waals surface area (Å²) in [5.41, 5.74) is 2.24. The predicted molar refractivity (Wildman–Crippen MR) is 121 cm³/mol. The smallest absolute Gasteiger partial charge is 0.252 e.